The number of anilines is 1. The number of para-hydroxylation sites is 1. The van der Waals surface area contributed by atoms with E-state index in [4.69, 9.17) is 9.97 Å². The molecule has 140 valence electrons. The number of hydrogen-bond acceptors (Lipinski definition) is 5. The molecule has 27 heavy (non-hydrogen) atoms. The fourth-order valence-corrected chi connectivity index (χ4v) is 3.25. The minimum absolute atomic E-state index is 0.102. The molecule has 1 saturated carbocycles. The molecule has 0 aliphatic heterocycles. The monoisotopic (exact) mass is 365 g/mol. The van der Waals surface area contributed by atoms with Gasteiger partial charge in [-0.15, -0.1) is 0 Å². The van der Waals surface area contributed by atoms with Crippen LogP contribution in [0.15, 0.2) is 24.3 Å². The topological polar surface area (TPSA) is 103 Å². The van der Waals surface area contributed by atoms with E-state index < -0.39 is 5.97 Å². The number of hydrogen-bond donors (Lipinski definition) is 4. The minimum Gasteiger partial charge on any atom is -0.478 e. The number of aromatic carboxylic acids is 1. The largest absolute Gasteiger partial charge is 0.478 e. The zero-order valence-corrected chi connectivity index (χ0v) is 15.7. The highest BCUT2D eigenvalue weighted by atomic mass is 16.4. The summed E-state index contributed by atoms with van der Waals surface area (Å²) in [5.74, 6) is -0.163. The first kappa shape index (κ1) is 17.5. The van der Waals surface area contributed by atoms with Crippen molar-refractivity contribution in [3.63, 3.8) is 0 Å². The molecular formula is C20H23N5O2. The number of carboxylic acid groups (broad SMARTS) is 1. The van der Waals surface area contributed by atoms with Crippen LogP contribution in [0.4, 0.5) is 5.82 Å². The molecule has 0 amide bonds. The molecule has 0 bridgehead atoms. The van der Waals surface area contributed by atoms with Gasteiger partial charge in [0, 0.05) is 29.0 Å². The Morgan fingerprint density at radius 2 is 2.11 bits per heavy atom. The number of rotatable bonds is 6. The van der Waals surface area contributed by atoms with Crippen LogP contribution in [0.5, 0.6) is 0 Å². The van der Waals surface area contributed by atoms with Crippen LogP contribution in [0.1, 0.15) is 41.5 Å². The average molecular weight is 365 g/mol. The smallest absolute Gasteiger partial charge is 0.337 e. The molecule has 2 aromatic heterocycles. The van der Waals surface area contributed by atoms with Crippen LogP contribution in [-0.4, -0.2) is 38.6 Å². The van der Waals surface area contributed by atoms with Crippen LogP contribution >= 0.6 is 0 Å². The Morgan fingerprint density at radius 1 is 1.33 bits per heavy atom. The zero-order chi connectivity index (χ0) is 19.2. The van der Waals surface area contributed by atoms with Crippen LogP contribution in [0, 0.1) is 6.92 Å². The van der Waals surface area contributed by atoms with Gasteiger partial charge in [-0.1, -0.05) is 12.1 Å². The summed E-state index contributed by atoms with van der Waals surface area (Å²) < 4.78 is 0. The molecule has 0 unspecified atom stereocenters. The van der Waals surface area contributed by atoms with E-state index in [-0.39, 0.29) is 11.1 Å². The van der Waals surface area contributed by atoms with Crippen LogP contribution in [-0.2, 0) is 6.54 Å². The fraction of sp³-hybridized carbons (Fsp3) is 0.350. The molecule has 3 aromatic rings. The van der Waals surface area contributed by atoms with Gasteiger partial charge in [0.25, 0.3) is 0 Å². The predicted octanol–water partition coefficient (Wildman–Crippen LogP) is 3.32. The summed E-state index contributed by atoms with van der Waals surface area (Å²) in [6.07, 6.45) is 2.25. The van der Waals surface area contributed by atoms with E-state index in [2.05, 4.69) is 22.5 Å². The maximum atomic E-state index is 11.6. The number of benzene rings is 1. The van der Waals surface area contributed by atoms with Crippen molar-refractivity contribution in [3.05, 3.63) is 41.2 Å². The van der Waals surface area contributed by atoms with Crippen molar-refractivity contribution in [2.45, 2.75) is 38.8 Å². The normalized spacial score (nSPS) is 15.1. The summed E-state index contributed by atoms with van der Waals surface area (Å²) in [5.41, 5.74) is 4.98. The van der Waals surface area contributed by atoms with Gasteiger partial charge in [0.1, 0.15) is 11.3 Å². The first-order chi connectivity index (χ1) is 12.9. The maximum Gasteiger partial charge on any atom is 0.337 e. The van der Waals surface area contributed by atoms with Gasteiger partial charge in [-0.2, -0.15) is 0 Å². The van der Waals surface area contributed by atoms with Crippen molar-refractivity contribution >= 4 is 22.8 Å². The highest BCUT2D eigenvalue weighted by molar-refractivity contribution is 5.95. The van der Waals surface area contributed by atoms with E-state index in [0.717, 1.165) is 46.6 Å². The van der Waals surface area contributed by atoms with E-state index in [1.165, 1.54) is 0 Å². The molecule has 7 heteroatoms. The Kier molecular flexibility index (Phi) is 4.11. The van der Waals surface area contributed by atoms with Crippen LogP contribution < -0.4 is 10.6 Å². The van der Waals surface area contributed by atoms with Crippen molar-refractivity contribution in [2.75, 3.05) is 12.4 Å². The lowest BCUT2D eigenvalue weighted by Gasteiger charge is -2.15. The second-order valence-corrected chi connectivity index (χ2v) is 7.43. The van der Waals surface area contributed by atoms with Gasteiger partial charge in [0.15, 0.2) is 0 Å². The second kappa shape index (κ2) is 6.35. The van der Waals surface area contributed by atoms with Crippen LogP contribution in [0.3, 0.4) is 0 Å². The van der Waals surface area contributed by atoms with E-state index in [1.807, 2.05) is 25.1 Å². The van der Waals surface area contributed by atoms with Crippen molar-refractivity contribution < 1.29 is 9.90 Å². The summed E-state index contributed by atoms with van der Waals surface area (Å²) in [7, 11) is 1.79. The molecular weight excluding hydrogens is 342 g/mol. The highest BCUT2D eigenvalue weighted by Gasteiger charge is 2.38. The molecule has 2 heterocycles. The third-order valence-corrected chi connectivity index (χ3v) is 5.06. The fourth-order valence-electron chi connectivity index (χ4n) is 3.25. The van der Waals surface area contributed by atoms with Crippen LogP contribution in [0.2, 0.25) is 0 Å². The standard InChI is InChI=1S/C20H23N5O2/c1-11-18(25-20(2)7-8-20)24-17-12(5-4-6-14(17)22-11)15-9-13(19(26)27)16(23-15)10-21-3/h4-6,9,21,23H,7-8,10H2,1-3H3,(H,24,25)(H,26,27). The van der Waals surface area contributed by atoms with Crippen molar-refractivity contribution in [1.82, 2.24) is 20.3 Å². The molecule has 1 fully saturated rings. The van der Waals surface area contributed by atoms with E-state index >= 15 is 0 Å². The maximum absolute atomic E-state index is 11.6. The Morgan fingerprint density at radius 3 is 2.78 bits per heavy atom. The molecule has 1 aliphatic rings. The lowest BCUT2D eigenvalue weighted by atomic mass is 10.1. The summed E-state index contributed by atoms with van der Waals surface area (Å²) in [4.78, 5) is 24.4. The van der Waals surface area contributed by atoms with Gasteiger partial charge in [-0.25, -0.2) is 14.8 Å². The molecule has 0 spiro atoms. The quantitative estimate of drug-likeness (QED) is 0.534. The molecule has 7 nitrogen and oxygen atoms in total. The molecule has 1 aliphatic carbocycles. The number of aromatic amines is 1. The number of aromatic nitrogens is 3. The first-order valence-corrected chi connectivity index (χ1v) is 9.06. The first-order valence-electron chi connectivity index (χ1n) is 9.06. The van der Waals surface area contributed by atoms with Crippen LogP contribution in [0.25, 0.3) is 22.3 Å². The number of fused-ring (bicyclic) bond motifs is 1. The van der Waals surface area contributed by atoms with Gasteiger partial charge < -0.3 is 20.7 Å². The second-order valence-electron chi connectivity index (χ2n) is 7.43. The molecule has 0 atom stereocenters. The molecule has 1 aromatic carbocycles. The van der Waals surface area contributed by atoms with E-state index in [1.54, 1.807) is 13.1 Å². The lowest BCUT2D eigenvalue weighted by Crippen LogP contribution is -2.18. The number of aryl methyl sites for hydroxylation is 1. The lowest BCUT2D eigenvalue weighted by molar-refractivity contribution is 0.0696. The Balaban J connectivity index is 1.85. The average Bonchev–Trinajstić information content (AvgIpc) is 3.19. The predicted molar refractivity (Wildman–Crippen MR) is 105 cm³/mol. The highest BCUT2D eigenvalue weighted by Crippen LogP contribution is 2.39. The minimum atomic E-state index is -0.950. The number of nitrogens with zero attached hydrogens (tertiary/aromatic N) is 2. The third-order valence-electron chi connectivity index (χ3n) is 5.06. The van der Waals surface area contributed by atoms with Crippen molar-refractivity contribution in [3.8, 4) is 11.3 Å². The Labute approximate surface area is 157 Å². The van der Waals surface area contributed by atoms with Crippen molar-refractivity contribution in [2.24, 2.45) is 0 Å². The number of H-pyrrole nitrogens is 1. The summed E-state index contributed by atoms with van der Waals surface area (Å²) in [5, 5.41) is 16.0. The van der Waals surface area contributed by atoms with Gasteiger partial charge in [-0.05, 0) is 45.9 Å². The number of carboxylic acids is 1. The number of carbonyl (C=O) groups is 1. The van der Waals surface area contributed by atoms with Gasteiger partial charge >= 0.3 is 5.97 Å². The summed E-state index contributed by atoms with van der Waals surface area (Å²) in [6.45, 7) is 4.58. The Hall–Kier alpha value is -2.93. The van der Waals surface area contributed by atoms with Gasteiger partial charge in [-0.3, -0.25) is 0 Å². The molecule has 0 saturated heterocycles. The van der Waals surface area contributed by atoms with E-state index in [0.29, 0.717) is 12.2 Å². The molecule has 4 N–H and O–H groups in total. The number of nitrogens with one attached hydrogen (secondary N) is 3. The summed E-state index contributed by atoms with van der Waals surface area (Å²) >= 11 is 0. The van der Waals surface area contributed by atoms with Gasteiger partial charge in [0.2, 0.25) is 0 Å². The third kappa shape index (κ3) is 3.26. The SMILES string of the molecule is CNCc1[nH]c(-c2cccc3nc(C)c(NC4(C)CC4)nc23)cc1C(=O)O. The Bertz CT molecular complexity index is 1040. The van der Waals surface area contributed by atoms with Gasteiger partial charge in [0.05, 0.1) is 16.8 Å². The molecule has 0 radical (unpaired) electrons. The van der Waals surface area contributed by atoms with Crippen molar-refractivity contribution in [1.29, 1.82) is 0 Å². The van der Waals surface area contributed by atoms with E-state index in [9.17, 15) is 9.90 Å². The molecule has 4 rings (SSSR count). The zero-order valence-electron chi connectivity index (χ0n) is 15.7. The summed E-state index contributed by atoms with van der Waals surface area (Å²) in [6, 6.07) is 7.45.